The molecule has 1 aliphatic rings. The maximum absolute atomic E-state index is 9.43. The van der Waals surface area contributed by atoms with Crippen LogP contribution in [0.25, 0.3) is 0 Å². The van der Waals surface area contributed by atoms with Crippen LogP contribution in [0.2, 0.25) is 0 Å². The van der Waals surface area contributed by atoms with E-state index in [1.54, 1.807) is 6.07 Å². The average molecular weight is 235 g/mol. The van der Waals surface area contributed by atoms with Crippen molar-refractivity contribution in [3.8, 4) is 5.75 Å². The van der Waals surface area contributed by atoms with Crippen molar-refractivity contribution in [2.45, 2.75) is 25.8 Å². The Balaban J connectivity index is 1.90. The maximum atomic E-state index is 9.43. The Hall–Kier alpha value is -1.06. The van der Waals surface area contributed by atoms with Gasteiger partial charge in [-0.3, -0.25) is 4.90 Å². The fraction of sp³-hybridized carbons (Fsp3) is 0.571. The van der Waals surface area contributed by atoms with Gasteiger partial charge in [0.05, 0.1) is 0 Å². The summed E-state index contributed by atoms with van der Waals surface area (Å²) in [6.45, 7) is 3.38. The van der Waals surface area contributed by atoms with Crippen molar-refractivity contribution in [2.75, 3.05) is 19.7 Å². The molecular weight excluding hydrogens is 214 g/mol. The summed E-state index contributed by atoms with van der Waals surface area (Å²) in [6, 6.07) is 7.47. The lowest BCUT2D eigenvalue weighted by atomic mass is 9.95. The second-order valence-electron chi connectivity index (χ2n) is 4.93. The number of piperidine rings is 1. The second kappa shape index (κ2) is 6.03. The molecule has 1 fully saturated rings. The smallest absolute Gasteiger partial charge is 0.115 e. The molecule has 1 atom stereocenters. The molecule has 94 valence electrons. The molecule has 3 nitrogen and oxygen atoms in total. The van der Waals surface area contributed by atoms with E-state index < -0.39 is 0 Å². The van der Waals surface area contributed by atoms with E-state index in [0.717, 1.165) is 31.6 Å². The Labute approximate surface area is 103 Å². The van der Waals surface area contributed by atoms with Gasteiger partial charge in [0.2, 0.25) is 0 Å². The van der Waals surface area contributed by atoms with E-state index in [1.807, 2.05) is 12.1 Å². The zero-order valence-corrected chi connectivity index (χ0v) is 10.2. The molecule has 1 aliphatic heterocycles. The molecule has 0 aromatic heterocycles. The van der Waals surface area contributed by atoms with Crippen molar-refractivity contribution in [2.24, 2.45) is 5.92 Å². The predicted molar refractivity (Wildman–Crippen MR) is 67.8 cm³/mol. The van der Waals surface area contributed by atoms with Gasteiger partial charge in [0.15, 0.2) is 0 Å². The van der Waals surface area contributed by atoms with Gasteiger partial charge in [0, 0.05) is 19.7 Å². The summed E-state index contributed by atoms with van der Waals surface area (Å²) in [5.74, 6) is 0.970. The van der Waals surface area contributed by atoms with E-state index in [4.69, 9.17) is 5.11 Å². The highest BCUT2D eigenvalue weighted by Gasteiger charge is 2.19. The number of phenols is 1. The van der Waals surface area contributed by atoms with Gasteiger partial charge in [-0.05, 0) is 49.4 Å². The van der Waals surface area contributed by atoms with Crippen LogP contribution in [0.5, 0.6) is 5.75 Å². The minimum absolute atomic E-state index is 0.296. The van der Waals surface area contributed by atoms with Crippen LogP contribution < -0.4 is 0 Å². The Morgan fingerprint density at radius 3 is 3.00 bits per heavy atom. The lowest BCUT2D eigenvalue weighted by Gasteiger charge is -2.32. The van der Waals surface area contributed by atoms with E-state index in [9.17, 15) is 5.11 Å². The Kier molecular flexibility index (Phi) is 4.40. The van der Waals surface area contributed by atoms with Crippen LogP contribution in [0.3, 0.4) is 0 Å². The molecule has 0 amide bonds. The van der Waals surface area contributed by atoms with Crippen LogP contribution in [0.1, 0.15) is 24.8 Å². The number of likely N-dealkylation sites (tertiary alicyclic amines) is 1. The molecule has 1 heterocycles. The number of aromatic hydroxyl groups is 1. The zero-order valence-electron chi connectivity index (χ0n) is 10.2. The number of aliphatic hydroxyl groups excluding tert-OH is 1. The van der Waals surface area contributed by atoms with E-state index >= 15 is 0 Å². The first-order valence-electron chi connectivity index (χ1n) is 6.39. The van der Waals surface area contributed by atoms with Gasteiger partial charge in [0.25, 0.3) is 0 Å². The van der Waals surface area contributed by atoms with E-state index in [0.29, 0.717) is 18.3 Å². The molecule has 1 aromatic carbocycles. The molecule has 1 unspecified atom stereocenters. The molecule has 0 spiro atoms. The summed E-state index contributed by atoms with van der Waals surface area (Å²) in [5, 5.41) is 18.4. The fourth-order valence-corrected chi connectivity index (χ4v) is 2.63. The predicted octanol–water partition coefficient (Wildman–Crippen LogP) is 1.99. The zero-order chi connectivity index (χ0) is 12.1. The minimum Gasteiger partial charge on any atom is -0.508 e. The number of rotatable bonds is 4. The van der Waals surface area contributed by atoms with Gasteiger partial charge in [-0.25, -0.2) is 0 Å². The standard InChI is InChI=1S/C14H21NO2/c16-8-6-12-4-2-7-15(10-12)11-13-3-1-5-14(17)9-13/h1,3,5,9,12,16-17H,2,4,6-8,10-11H2. The number of aliphatic hydroxyl groups is 1. The Morgan fingerprint density at radius 1 is 1.35 bits per heavy atom. The van der Waals surface area contributed by atoms with Crippen LogP contribution >= 0.6 is 0 Å². The second-order valence-corrected chi connectivity index (χ2v) is 4.93. The number of hydrogen-bond donors (Lipinski definition) is 2. The van der Waals surface area contributed by atoms with Crippen molar-refractivity contribution in [1.29, 1.82) is 0 Å². The quantitative estimate of drug-likeness (QED) is 0.838. The normalized spacial score (nSPS) is 21.6. The maximum Gasteiger partial charge on any atom is 0.115 e. The van der Waals surface area contributed by atoms with E-state index in [2.05, 4.69) is 11.0 Å². The summed E-state index contributed by atoms with van der Waals surface area (Å²) >= 11 is 0. The largest absolute Gasteiger partial charge is 0.508 e. The SMILES string of the molecule is OCCC1CCCN(Cc2cccc(O)c2)C1. The fourth-order valence-electron chi connectivity index (χ4n) is 2.63. The van der Waals surface area contributed by atoms with Crippen LogP contribution in [-0.2, 0) is 6.54 Å². The molecular formula is C14H21NO2. The first-order valence-corrected chi connectivity index (χ1v) is 6.39. The molecule has 2 rings (SSSR count). The van der Waals surface area contributed by atoms with Gasteiger partial charge >= 0.3 is 0 Å². The first-order chi connectivity index (χ1) is 8.28. The van der Waals surface area contributed by atoms with E-state index in [-0.39, 0.29) is 0 Å². The summed E-state index contributed by atoms with van der Waals surface area (Å²) in [4.78, 5) is 2.42. The highest BCUT2D eigenvalue weighted by Crippen LogP contribution is 2.21. The highest BCUT2D eigenvalue weighted by molar-refractivity contribution is 5.27. The molecule has 0 radical (unpaired) electrons. The van der Waals surface area contributed by atoms with Crippen LogP contribution in [0.15, 0.2) is 24.3 Å². The number of benzene rings is 1. The molecule has 17 heavy (non-hydrogen) atoms. The highest BCUT2D eigenvalue weighted by atomic mass is 16.3. The van der Waals surface area contributed by atoms with Gasteiger partial charge in [-0.2, -0.15) is 0 Å². The van der Waals surface area contributed by atoms with E-state index in [1.165, 1.54) is 12.8 Å². The molecule has 0 aliphatic carbocycles. The van der Waals surface area contributed by atoms with Crippen molar-refractivity contribution in [3.63, 3.8) is 0 Å². The van der Waals surface area contributed by atoms with Crippen LogP contribution in [0, 0.1) is 5.92 Å². The third kappa shape index (κ3) is 3.72. The number of hydrogen-bond acceptors (Lipinski definition) is 3. The summed E-state index contributed by atoms with van der Waals surface area (Å²) in [7, 11) is 0. The lowest BCUT2D eigenvalue weighted by molar-refractivity contribution is 0.142. The van der Waals surface area contributed by atoms with Gasteiger partial charge in [-0.1, -0.05) is 12.1 Å². The first kappa shape index (κ1) is 12.4. The average Bonchev–Trinajstić information content (AvgIpc) is 2.30. The molecule has 3 heteroatoms. The van der Waals surface area contributed by atoms with Crippen LogP contribution in [-0.4, -0.2) is 34.8 Å². The third-order valence-corrected chi connectivity index (χ3v) is 3.46. The number of phenolic OH excluding ortho intramolecular Hbond substituents is 1. The van der Waals surface area contributed by atoms with Crippen molar-refractivity contribution < 1.29 is 10.2 Å². The third-order valence-electron chi connectivity index (χ3n) is 3.46. The topological polar surface area (TPSA) is 43.7 Å². The van der Waals surface area contributed by atoms with Crippen molar-refractivity contribution in [3.05, 3.63) is 29.8 Å². The molecule has 0 saturated carbocycles. The molecule has 2 N–H and O–H groups in total. The lowest BCUT2D eigenvalue weighted by Crippen LogP contribution is -2.35. The summed E-state index contributed by atoms with van der Waals surface area (Å²) in [5.41, 5.74) is 1.16. The monoisotopic (exact) mass is 235 g/mol. The molecule has 1 saturated heterocycles. The van der Waals surface area contributed by atoms with Crippen LogP contribution in [0.4, 0.5) is 0 Å². The van der Waals surface area contributed by atoms with Gasteiger partial charge in [0.1, 0.15) is 5.75 Å². The molecule has 1 aromatic rings. The minimum atomic E-state index is 0.296. The van der Waals surface area contributed by atoms with Gasteiger partial charge in [-0.15, -0.1) is 0 Å². The summed E-state index contributed by atoms with van der Waals surface area (Å²) in [6.07, 6.45) is 3.36. The van der Waals surface area contributed by atoms with Crippen molar-refractivity contribution in [1.82, 2.24) is 4.90 Å². The Bertz CT molecular complexity index is 352. The molecule has 0 bridgehead atoms. The van der Waals surface area contributed by atoms with Crippen molar-refractivity contribution >= 4 is 0 Å². The van der Waals surface area contributed by atoms with Gasteiger partial charge < -0.3 is 10.2 Å². The summed E-state index contributed by atoms with van der Waals surface area (Å²) < 4.78 is 0. The number of nitrogens with zero attached hydrogens (tertiary/aromatic N) is 1. The Morgan fingerprint density at radius 2 is 2.24 bits per heavy atom.